The van der Waals surface area contributed by atoms with Crippen molar-refractivity contribution in [1.29, 1.82) is 0 Å². The van der Waals surface area contributed by atoms with Crippen molar-refractivity contribution >= 4 is 0 Å². The van der Waals surface area contributed by atoms with Gasteiger partial charge in [-0.15, -0.1) is 0 Å². The average Bonchev–Trinajstić information content (AvgIpc) is 1.95. The minimum absolute atomic E-state index is 0.256. The number of ether oxygens (including phenoxy) is 1. The summed E-state index contributed by atoms with van der Waals surface area (Å²) in [6.07, 6.45) is 4.56. The van der Waals surface area contributed by atoms with E-state index in [0.717, 1.165) is 0 Å². The SMILES string of the molecule is C/C=C\C1NC(OC)[C@@H]1C(C)C. The number of allylic oxidation sites excluding steroid dienone is 1. The van der Waals surface area contributed by atoms with Crippen LogP contribution in [0.15, 0.2) is 12.2 Å². The van der Waals surface area contributed by atoms with Gasteiger partial charge < -0.3 is 4.74 Å². The van der Waals surface area contributed by atoms with Crippen LogP contribution in [-0.4, -0.2) is 19.4 Å². The molecule has 12 heavy (non-hydrogen) atoms. The smallest absolute Gasteiger partial charge is 0.113 e. The maximum absolute atomic E-state index is 5.29. The molecule has 0 amide bonds. The lowest BCUT2D eigenvalue weighted by Gasteiger charge is -2.46. The van der Waals surface area contributed by atoms with Crippen LogP contribution < -0.4 is 5.32 Å². The van der Waals surface area contributed by atoms with Crippen LogP contribution >= 0.6 is 0 Å². The predicted octanol–water partition coefficient (Wildman–Crippen LogP) is 1.78. The first kappa shape index (κ1) is 9.75. The Labute approximate surface area is 75.0 Å². The summed E-state index contributed by atoms with van der Waals surface area (Å²) in [6, 6.07) is 0.514. The van der Waals surface area contributed by atoms with E-state index in [1.807, 2.05) is 0 Å². The van der Waals surface area contributed by atoms with Gasteiger partial charge in [0.1, 0.15) is 6.23 Å². The van der Waals surface area contributed by atoms with Crippen LogP contribution in [0, 0.1) is 11.8 Å². The van der Waals surface area contributed by atoms with Crippen molar-refractivity contribution in [3.8, 4) is 0 Å². The summed E-state index contributed by atoms with van der Waals surface area (Å²) in [5, 5.41) is 3.35. The molecular formula is C10H19NO. The van der Waals surface area contributed by atoms with Crippen molar-refractivity contribution in [2.24, 2.45) is 11.8 Å². The fourth-order valence-corrected chi connectivity index (χ4v) is 1.86. The van der Waals surface area contributed by atoms with Crippen molar-refractivity contribution in [3.63, 3.8) is 0 Å². The van der Waals surface area contributed by atoms with E-state index in [9.17, 15) is 0 Å². The lowest BCUT2D eigenvalue weighted by Crippen LogP contribution is -2.63. The normalized spacial score (nSPS) is 35.9. The van der Waals surface area contributed by atoms with Gasteiger partial charge in [-0.3, -0.25) is 5.32 Å². The van der Waals surface area contributed by atoms with Crippen LogP contribution in [0.3, 0.4) is 0 Å². The molecule has 2 unspecified atom stereocenters. The molecule has 0 aromatic heterocycles. The maximum Gasteiger partial charge on any atom is 0.113 e. The molecule has 2 nitrogen and oxygen atoms in total. The molecule has 1 N–H and O–H groups in total. The zero-order chi connectivity index (χ0) is 9.14. The zero-order valence-corrected chi connectivity index (χ0v) is 8.37. The molecule has 3 atom stereocenters. The molecule has 1 fully saturated rings. The molecule has 0 aliphatic carbocycles. The van der Waals surface area contributed by atoms with Crippen LogP contribution in [0.5, 0.6) is 0 Å². The minimum Gasteiger partial charge on any atom is -0.366 e. The summed E-state index contributed by atoms with van der Waals surface area (Å²) in [6.45, 7) is 6.54. The molecule has 2 heteroatoms. The van der Waals surface area contributed by atoms with Crippen molar-refractivity contribution in [2.45, 2.75) is 33.0 Å². The second-order valence-corrected chi connectivity index (χ2v) is 3.70. The topological polar surface area (TPSA) is 21.3 Å². The third-order valence-corrected chi connectivity index (χ3v) is 2.54. The molecule has 0 radical (unpaired) electrons. The Balaban J connectivity index is 2.50. The largest absolute Gasteiger partial charge is 0.366 e. The Morgan fingerprint density at radius 2 is 2.08 bits per heavy atom. The van der Waals surface area contributed by atoms with Crippen LogP contribution in [0.2, 0.25) is 0 Å². The van der Waals surface area contributed by atoms with Crippen LogP contribution in [0.1, 0.15) is 20.8 Å². The van der Waals surface area contributed by atoms with E-state index in [-0.39, 0.29) is 6.23 Å². The zero-order valence-electron chi connectivity index (χ0n) is 8.37. The van der Waals surface area contributed by atoms with Gasteiger partial charge in [0, 0.05) is 19.1 Å². The van der Waals surface area contributed by atoms with E-state index in [2.05, 4.69) is 38.2 Å². The summed E-state index contributed by atoms with van der Waals surface area (Å²) >= 11 is 0. The van der Waals surface area contributed by atoms with Gasteiger partial charge in [0.25, 0.3) is 0 Å². The van der Waals surface area contributed by atoms with Gasteiger partial charge >= 0.3 is 0 Å². The number of rotatable bonds is 3. The highest BCUT2D eigenvalue weighted by Gasteiger charge is 2.40. The van der Waals surface area contributed by atoms with Crippen molar-refractivity contribution in [3.05, 3.63) is 12.2 Å². The molecule has 0 saturated carbocycles. The average molecular weight is 169 g/mol. The fraction of sp³-hybridized carbons (Fsp3) is 0.800. The van der Waals surface area contributed by atoms with Gasteiger partial charge in [0.05, 0.1) is 0 Å². The molecule has 0 aromatic carbocycles. The van der Waals surface area contributed by atoms with Gasteiger partial charge in [-0.1, -0.05) is 26.0 Å². The summed E-state index contributed by atoms with van der Waals surface area (Å²) in [4.78, 5) is 0. The highest BCUT2D eigenvalue weighted by molar-refractivity contribution is 5.05. The Morgan fingerprint density at radius 1 is 1.42 bits per heavy atom. The van der Waals surface area contributed by atoms with Gasteiger partial charge in [-0.25, -0.2) is 0 Å². The summed E-state index contributed by atoms with van der Waals surface area (Å²) in [5.41, 5.74) is 0. The van der Waals surface area contributed by atoms with Crippen molar-refractivity contribution in [2.75, 3.05) is 7.11 Å². The van der Waals surface area contributed by atoms with E-state index in [4.69, 9.17) is 4.74 Å². The quantitative estimate of drug-likeness (QED) is 0.650. The van der Waals surface area contributed by atoms with Gasteiger partial charge in [0.2, 0.25) is 0 Å². The Hall–Kier alpha value is -0.340. The number of methoxy groups -OCH3 is 1. The molecule has 70 valence electrons. The lowest BCUT2D eigenvalue weighted by molar-refractivity contribution is -0.0725. The highest BCUT2D eigenvalue weighted by atomic mass is 16.5. The van der Waals surface area contributed by atoms with Crippen LogP contribution in [-0.2, 0) is 4.74 Å². The Kier molecular flexibility index (Phi) is 3.29. The molecule has 0 aromatic rings. The number of hydrogen-bond donors (Lipinski definition) is 1. The molecule has 1 aliphatic rings. The van der Waals surface area contributed by atoms with E-state index in [1.54, 1.807) is 7.11 Å². The lowest BCUT2D eigenvalue weighted by atomic mass is 9.80. The summed E-state index contributed by atoms with van der Waals surface area (Å²) in [7, 11) is 1.76. The third-order valence-electron chi connectivity index (χ3n) is 2.54. The predicted molar refractivity (Wildman–Crippen MR) is 50.9 cm³/mol. The number of hydrogen-bond acceptors (Lipinski definition) is 2. The first-order valence-corrected chi connectivity index (χ1v) is 4.62. The Bertz CT molecular complexity index is 165. The fourth-order valence-electron chi connectivity index (χ4n) is 1.86. The van der Waals surface area contributed by atoms with Gasteiger partial charge in [0.15, 0.2) is 0 Å². The van der Waals surface area contributed by atoms with Crippen molar-refractivity contribution in [1.82, 2.24) is 5.32 Å². The molecule has 0 bridgehead atoms. The van der Waals surface area contributed by atoms with Crippen LogP contribution in [0.4, 0.5) is 0 Å². The van der Waals surface area contributed by atoms with Crippen LogP contribution in [0.25, 0.3) is 0 Å². The first-order chi connectivity index (χ1) is 5.70. The maximum atomic E-state index is 5.29. The molecular weight excluding hydrogens is 150 g/mol. The van der Waals surface area contributed by atoms with E-state index < -0.39 is 0 Å². The van der Waals surface area contributed by atoms with Gasteiger partial charge in [-0.05, 0) is 12.8 Å². The second-order valence-electron chi connectivity index (χ2n) is 3.70. The minimum atomic E-state index is 0.256. The molecule has 1 saturated heterocycles. The Morgan fingerprint density at radius 3 is 2.50 bits per heavy atom. The monoisotopic (exact) mass is 169 g/mol. The van der Waals surface area contributed by atoms with Crippen molar-refractivity contribution < 1.29 is 4.74 Å². The van der Waals surface area contributed by atoms with E-state index in [0.29, 0.717) is 17.9 Å². The summed E-state index contributed by atoms with van der Waals surface area (Å²) < 4.78 is 5.29. The van der Waals surface area contributed by atoms with Gasteiger partial charge in [-0.2, -0.15) is 0 Å². The first-order valence-electron chi connectivity index (χ1n) is 4.62. The number of nitrogens with one attached hydrogen (secondary N) is 1. The molecule has 1 aliphatic heterocycles. The second kappa shape index (κ2) is 4.06. The molecule has 0 spiro atoms. The molecule has 1 heterocycles. The highest BCUT2D eigenvalue weighted by Crippen LogP contribution is 2.29. The summed E-state index contributed by atoms with van der Waals surface area (Å²) in [5.74, 6) is 1.31. The molecule has 1 rings (SSSR count). The standard InChI is InChI=1S/C10H19NO/c1-5-6-8-9(7(2)3)10(11-8)12-4/h5-11H,1-4H3/b6-5-/t8?,9-,10?/m1/s1. The van der Waals surface area contributed by atoms with E-state index in [1.165, 1.54) is 0 Å². The van der Waals surface area contributed by atoms with E-state index >= 15 is 0 Å². The third kappa shape index (κ3) is 1.70.